The smallest absolute Gasteiger partial charge is 0.306 e. The highest BCUT2D eigenvalue weighted by molar-refractivity contribution is 7.89. The zero-order chi connectivity index (χ0) is 16.3. The van der Waals surface area contributed by atoms with Gasteiger partial charge in [0.15, 0.2) is 0 Å². The van der Waals surface area contributed by atoms with E-state index in [0.717, 1.165) is 11.3 Å². The average Bonchev–Trinajstić information content (AvgIpc) is 2.96. The van der Waals surface area contributed by atoms with Crippen molar-refractivity contribution in [2.24, 2.45) is 17.6 Å². The molecule has 1 saturated carbocycles. The van der Waals surface area contributed by atoms with Gasteiger partial charge in [0.1, 0.15) is 0 Å². The number of nitrogens with one attached hydrogen (secondary N) is 1. The topological polar surface area (TPSA) is 127 Å². The Bertz CT molecular complexity index is 660. The molecule has 1 aliphatic rings. The predicted molar refractivity (Wildman–Crippen MR) is 81.1 cm³/mol. The van der Waals surface area contributed by atoms with Crippen LogP contribution in [0.4, 0.5) is 0 Å². The van der Waals surface area contributed by atoms with Crippen molar-refractivity contribution >= 4 is 33.2 Å². The first-order chi connectivity index (χ1) is 10.3. The lowest BCUT2D eigenvalue weighted by Crippen LogP contribution is -2.32. The number of rotatable bonds is 6. The monoisotopic (exact) mass is 346 g/mol. The van der Waals surface area contributed by atoms with Crippen LogP contribution in [0.2, 0.25) is 0 Å². The Hall–Kier alpha value is -1.45. The van der Waals surface area contributed by atoms with E-state index in [-0.39, 0.29) is 28.2 Å². The van der Waals surface area contributed by atoms with Crippen LogP contribution in [-0.4, -0.2) is 31.9 Å². The summed E-state index contributed by atoms with van der Waals surface area (Å²) < 4.78 is 26.8. The maximum Gasteiger partial charge on any atom is 0.306 e. The lowest BCUT2D eigenvalue weighted by molar-refractivity contribution is -0.143. The number of hydrogen-bond acceptors (Lipinski definition) is 5. The van der Waals surface area contributed by atoms with Crippen molar-refractivity contribution in [1.29, 1.82) is 0 Å². The molecule has 22 heavy (non-hydrogen) atoms. The van der Waals surface area contributed by atoms with Crippen LogP contribution in [0, 0.1) is 11.8 Å². The van der Waals surface area contributed by atoms with Gasteiger partial charge in [0.25, 0.3) is 5.91 Å². The molecule has 0 spiro atoms. The number of primary amides is 1. The third kappa shape index (κ3) is 4.05. The second kappa shape index (κ2) is 6.76. The first-order valence-corrected chi connectivity index (χ1v) is 9.26. The SMILES string of the molecule is NC(=O)c1cc(S(=O)(=O)NCC2CCC(C(=O)O)CC2)cs1. The highest BCUT2D eigenvalue weighted by Crippen LogP contribution is 2.29. The number of aliphatic carboxylic acids is 1. The van der Waals surface area contributed by atoms with Gasteiger partial charge in [-0.05, 0) is 37.7 Å². The molecule has 2 rings (SSSR count). The number of amides is 1. The van der Waals surface area contributed by atoms with Crippen molar-refractivity contribution in [1.82, 2.24) is 4.72 Å². The Balaban J connectivity index is 1.90. The van der Waals surface area contributed by atoms with Gasteiger partial charge in [0, 0.05) is 11.9 Å². The second-order valence-corrected chi connectivity index (χ2v) is 8.10. The zero-order valence-electron chi connectivity index (χ0n) is 11.8. The van der Waals surface area contributed by atoms with E-state index in [1.165, 1.54) is 11.4 Å². The third-order valence-electron chi connectivity index (χ3n) is 3.89. The number of carboxylic acids is 1. The lowest BCUT2D eigenvalue weighted by Gasteiger charge is -2.26. The molecule has 7 nitrogen and oxygen atoms in total. The maximum atomic E-state index is 12.1. The first kappa shape index (κ1) is 16.9. The van der Waals surface area contributed by atoms with Crippen LogP contribution < -0.4 is 10.5 Å². The Morgan fingerprint density at radius 1 is 1.32 bits per heavy atom. The highest BCUT2D eigenvalue weighted by Gasteiger charge is 2.27. The summed E-state index contributed by atoms with van der Waals surface area (Å²) in [5.41, 5.74) is 5.11. The maximum absolute atomic E-state index is 12.1. The normalized spacial score (nSPS) is 22.4. The molecule has 0 atom stereocenters. The molecule has 0 aromatic carbocycles. The van der Waals surface area contributed by atoms with Crippen LogP contribution in [0.1, 0.15) is 35.4 Å². The number of hydrogen-bond donors (Lipinski definition) is 3. The van der Waals surface area contributed by atoms with E-state index in [0.29, 0.717) is 25.7 Å². The minimum atomic E-state index is -3.67. The molecule has 0 bridgehead atoms. The van der Waals surface area contributed by atoms with E-state index in [2.05, 4.69) is 4.72 Å². The molecular formula is C13H18N2O5S2. The largest absolute Gasteiger partial charge is 0.481 e. The van der Waals surface area contributed by atoms with E-state index in [1.54, 1.807) is 0 Å². The quantitative estimate of drug-likeness (QED) is 0.708. The summed E-state index contributed by atoms with van der Waals surface area (Å²) in [5.74, 6) is -1.61. The number of carbonyl (C=O) groups is 2. The minimum Gasteiger partial charge on any atom is -0.481 e. The van der Waals surface area contributed by atoms with Crippen LogP contribution in [-0.2, 0) is 14.8 Å². The second-order valence-electron chi connectivity index (χ2n) is 5.42. The average molecular weight is 346 g/mol. The van der Waals surface area contributed by atoms with Gasteiger partial charge in [0.05, 0.1) is 15.7 Å². The number of carbonyl (C=O) groups excluding carboxylic acids is 1. The molecule has 1 fully saturated rings. The minimum absolute atomic E-state index is 0.0329. The molecule has 1 aromatic rings. The van der Waals surface area contributed by atoms with Crippen molar-refractivity contribution in [2.45, 2.75) is 30.6 Å². The molecule has 1 aliphatic carbocycles. The van der Waals surface area contributed by atoms with Crippen molar-refractivity contribution < 1.29 is 23.1 Å². The van der Waals surface area contributed by atoms with Gasteiger partial charge in [-0.25, -0.2) is 13.1 Å². The van der Waals surface area contributed by atoms with E-state index in [1.807, 2.05) is 0 Å². The van der Waals surface area contributed by atoms with E-state index in [4.69, 9.17) is 10.8 Å². The van der Waals surface area contributed by atoms with Crippen LogP contribution in [0.15, 0.2) is 16.3 Å². The summed E-state index contributed by atoms with van der Waals surface area (Å²) in [5, 5.41) is 10.3. The Morgan fingerprint density at radius 3 is 2.45 bits per heavy atom. The summed E-state index contributed by atoms with van der Waals surface area (Å²) >= 11 is 0.990. The fraction of sp³-hybridized carbons (Fsp3) is 0.538. The Morgan fingerprint density at radius 2 is 1.95 bits per heavy atom. The number of thiophene rings is 1. The van der Waals surface area contributed by atoms with Gasteiger partial charge in [0.2, 0.25) is 10.0 Å². The van der Waals surface area contributed by atoms with Crippen molar-refractivity contribution in [3.05, 3.63) is 16.3 Å². The Labute approximate surface area is 132 Å². The summed E-state index contributed by atoms with van der Waals surface area (Å²) in [7, 11) is -3.67. The van der Waals surface area contributed by atoms with Crippen LogP contribution in [0.3, 0.4) is 0 Å². The molecule has 0 saturated heterocycles. The van der Waals surface area contributed by atoms with E-state index in [9.17, 15) is 18.0 Å². The number of sulfonamides is 1. The van der Waals surface area contributed by atoms with Crippen molar-refractivity contribution in [3.63, 3.8) is 0 Å². The fourth-order valence-electron chi connectivity index (χ4n) is 2.51. The van der Waals surface area contributed by atoms with Crippen LogP contribution in [0.5, 0.6) is 0 Å². The molecule has 1 heterocycles. The first-order valence-electron chi connectivity index (χ1n) is 6.90. The molecule has 1 amide bonds. The van der Waals surface area contributed by atoms with Gasteiger partial charge in [-0.3, -0.25) is 9.59 Å². The van der Waals surface area contributed by atoms with E-state index < -0.39 is 21.9 Å². The summed E-state index contributed by atoms with van der Waals surface area (Å²) in [6.07, 6.45) is 2.53. The number of carboxylic acid groups (broad SMARTS) is 1. The van der Waals surface area contributed by atoms with Gasteiger partial charge >= 0.3 is 5.97 Å². The molecule has 0 unspecified atom stereocenters. The standard InChI is InChI=1S/C13H18N2O5S2/c14-12(16)11-5-10(7-21-11)22(19,20)15-6-8-1-3-9(4-2-8)13(17)18/h5,7-9,15H,1-4,6H2,(H2,14,16)(H,17,18). The summed E-state index contributed by atoms with van der Waals surface area (Å²) in [6, 6.07) is 1.26. The van der Waals surface area contributed by atoms with Gasteiger partial charge in [-0.15, -0.1) is 11.3 Å². The van der Waals surface area contributed by atoms with Crippen LogP contribution >= 0.6 is 11.3 Å². The third-order valence-corrected chi connectivity index (χ3v) is 6.38. The molecule has 9 heteroatoms. The molecule has 0 aliphatic heterocycles. The van der Waals surface area contributed by atoms with Crippen molar-refractivity contribution in [2.75, 3.05) is 6.54 Å². The van der Waals surface area contributed by atoms with Crippen LogP contribution in [0.25, 0.3) is 0 Å². The van der Waals surface area contributed by atoms with Gasteiger partial charge < -0.3 is 10.8 Å². The summed E-state index contributed by atoms with van der Waals surface area (Å²) in [4.78, 5) is 22.1. The molecule has 1 aromatic heterocycles. The molecule has 4 N–H and O–H groups in total. The van der Waals surface area contributed by atoms with Crippen molar-refractivity contribution in [3.8, 4) is 0 Å². The lowest BCUT2D eigenvalue weighted by atomic mass is 9.82. The fourth-order valence-corrected chi connectivity index (χ4v) is 4.76. The zero-order valence-corrected chi connectivity index (χ0v) is 13.5. The summed E-state index contributed by atoms with van der Waals surface area (Å²) in [6.45, 7) is 0.274. The van der Waals surface area contributed by atoms with Gasteiger partial charge in [-0.1, -0.05) is 0 Å². The number of nitrogens with two attached hydrogens (primary N) is 1. The molecular weight excluding hydrogens is 328 g/mol. The molecule has 0 radical (unpaired) electrons. The Kier molecular flexibility index (Phi) is 5.20. The highest BCUT2D eigenvalue weighted by atomic mass is 32.2. The van der Waals surface area contributed by atoms with Gasteiger partial charge in [-0.2, -0.15) is 0 Å². The molecule has 122 valence electrons. The van der Waals surface area contributed by atoms with E-state index >= 15 is 0 Å². The predicted octanol–water partition coefficient (Wildman–Crippen LogP) is 1.02.